The second kappa shape index (κ2) is 10.3. The van der Waals surface area contributed by atoms with Gasteiger partial charge in [0, 0.05) is 0 Å². The average Bonchev–Trinajstić information content (AvgIpc) is 3.10. The lowest BCUT2D eigenvalue weighted by molar-refractivity contribution is -0.123. The van der Waals surface area contributed by atoms with Crippen LogP contribution in [0, 0.1) is 18.3 Å². The summed E-state index contributed by atoms with van der Waals surface area (Å²) >= 11 is 0.879. The highest BCUT2D eigenvalue weighted by molar-refractivity contribution is 8.18. The average molecular weight is 471 g/mol. The molecule has 170 valence electrons. The molecule has 3 aromatic rings. The summed E-state index contributed by atoms with van der Waals surface area (Å²) in [5, 5.41) is 8.91. The normalized spacial score (nSPS) is 14.4. The zero-order valence-corrected chi connectivity index (χ0v) is 19.6. The van der Waals surface area contributed by atoms with Gasteiger partial charge in [-0.25, -0.2) is 0 Å². The van der Waals surface area contributed by atoms with Gasteiger partial charge in [-0.1, -0.05) is 54.1 Å². The molecule has 1 heterocycles. The number of amides is 2. The number of carbonyl (C=O) groups excluding carboxylic acids is 2. The van der Waals surface area contributed by atoms with E-state index < -0.39 is 0 Å². The second-order valence-corrected chi connectivity index (χ2v) is 8.72. The van der Waals surface area contributed by atoms with Gasteiger partial charge in [-0.05, 0) is 59.7 Å². The third-order valence-corrected chi connectivity index (χ3v) is 6.21. The van der Waals surface area contributed by atoms with E-state index >= 15 is 0 Å². The summed E-state index contributed by atoms with van der Waals surface area (Å²) < 4.78 is 11.4. The Hall–Kier alpha value is -4.02. The van der Waals surface area contributed by atoms with Gasteiger partial charge in [-0.15, -0.1) is 0 Å². The van der Waals surface area contributed by atoms with Crippen molar-refractivity contribution in [1.82, 2.24) is 4.90 Å². The van der Waals surface area contributed by atoms with Gasteiger partial charge >= 0.3 is 0 Å². The minimum Gasteiger partial charge on any atom is -0.493 e. The van der Waals surface area contributed by atoms with Gasteiger partial charge in [-0.2, -0.15) is 5.26 Å². The second-order valence-electron chi connectivity index (χ2n) is 7.72. The lowest BCUT2D eigenvalue weighted by atomic mass is 10.1. The highest BCUT2D eigenvalue weighted by Crippen LogP contribution is 2.35. The summed E-state index contributed by atoms with van der Waals surface area (Å²) in [6, 6.07) is 22.5. The number of hydrogen-bond donors (Lipinski definition) is 0. The van der Waals surface area contributed by atoms with Crippen LogP contribution in [0.1, 0.15) is 27.8 Å². The van der Waals surface area contributed by atoms with Gasteiger partial charge < -0.3 is 9.47 Å². The lowest BCUT2D eigenvalue weighted by Crippen LogP contribution is -2.27. The number of ether oxygens (including phenoxy) is 2. The van der Waals surface area contributed by atoms with Gasteiger partial charge in [0.1, 0.15) is 6.61 Å². The molecule has 1 fully saturated rings. The summed E-state index contributed by atoms with van der Waals surface area (Å²) in [6.07, 6.45) is 1.66. The monoisotopic (exact) mass is 470 g/mol. The number of thioether (sulfide) groups is 1. The largest absolute Gasteiger partial charge is 0.493 e. The minimum absolute atomic E-state index is 0.0563. The molecule has 7 heteroatoms. The van der Waals surface area contributed by atoms with E-state index in [2.05, 4.69) is 12.1 Å². The Bertz CT molecular complexity index is 1330. The van der Waals surface area contributed by atoms with E-state index in [9.17, 15) is 14.9 Å². The van der Waals surface area contributed by atoms with Gasteiger partial charge in [0.2, 0.25) is 0 Å². The maximum absolute atomic E-state index is 12.9. The van der Waals surface area contributed by atoms with Crippen LogP contribution in [0.15, 0.2) is 71.6 Å². The van der Waals surface area contributed by atoms with Crippen LogP contribution >= 0.6 is 11.8 Å². The first-order chi connectivity index (χ1) is 16.5. The molecule has 3 aromatic carbocycles. The molecule has 2 amide bonds. The van der Waals surface area contributed by atoms with E-state index in [0.29, 0.717) is 39.7 Å². The summed E-state index contributed by atoms with van der Waals surface area (Å²) in [5.74, 6) is 0.729. The van der Waals surface area contributed by atoms with Crippen LogP contribution in [-0.2, 0) is 17.9 Å². The molecule has 1 aliphatic heterocycles. The molecule has 0 spiro atoms. The van der Waals surface area contributed by atoms with Crippen LogP contribution in [-0.4, -0.2) is 23.2 Å². The molecule has 4 rings (SSSR count). The molecule has 34 heavy (non-hydrogen) atoms. The molecule has 6 nitrogen and oxygen atoms in total. The first-order valence-electron chi connectivity index (χ1n) is 10.6. The third-order valence-electron chi connectivity index (χ3n) is 5.30. The van der Waals surface area contributed by atoms with Crippen molar-refractivity contribution in [3.05, 3.63) is 99.5 Å². The third kappa shape index (κ3) is 5.13. The van der Waals surface area contributed by atoms with Crippen molar-refractivity contribution in [2.24, 2.45) is 0 Å². The van der Waals surface area contributed by atoms with Crippen molar-refractivity contribution in [3.8, 4) is 17.6 Å². The number of imide groups is 1. The summed E-state index contributed by atoms with van der Waals surface area (Å²) in [7, 11) is 1.55. The number of methoxy groups -OCH3 is 1. The molecule has 0 unspecified atom stereocenters. The van der Waals surface area contributed by atoms with Crippen LogP contribution in [0.25, 0.3) is 6.08 Å². The smallest absolute Gasteiger partial charge is 0.293 e. The number of nitriles is 1. The molecule has 0 bridgehead atoms. The van der Waals surface area contributed by atoms with Gasteiger partial charge in [0.25, 0.3) is 11.1 Å². The Kier molecular flexibility index (Phi) is 7.00. The first kappa shape index (κ1) is 23.1. The van der Waals surface area contributed by atoms with E-state index in [0.717, 1.165) is 27.8 Å². The fourth-order valence-electron chi connectivity index (χ4n) is 3.58. The van der Waals surface area contributed by atoms with Crippen molar-refractivity contribution in [1.29, 1.82) is 5.26 Å². The van der Waals surface area contributed by atoms with Gasteiger partial charge in [-0.3, -0.25) is 14.5 Å². The predicted octanol–water partition coefficient (Wildman–Crippen LogP) is 5.69. The van der Waals surface area contributed by atoms with Crippen molar-refractivity contribution in [2.45, 2.75) is 20.1 Å². The Morgan fingerprint density at radius 2 is 1.85 bits per heavy atom. The Balaban J connectivity index is 1.50. The summed E-state index contributed by atoms with van der Waals surface area (Å²) in [4.78, 5) is 26.9. The molecule has 0 aromatic heterocycles. The molecule has 0 aliphatic carbocycles. The van der Waals surface area contributed by atoms with Crippen molar-refractivity contribution in [2.75, 3.05) is 7.11 Å². The maximum atomic E-state index is 12.9. The predicted molar refractivity (Wildman–Crippen MR) is 131 cm³/mol. The highest BCUT2D eigenvalue weighted by Gasteiger charge is 2.35. The van der Waals surface area contributed by atoms with Crippen molar-refractivity contribution < 1.29 is 19.1 Å². The van der Waals surface area contributed by atoms with Crippen molar-refractivity contribution >= 4 is 29.0 Å². The number of nitrogens with zero attached hydrogens (tertiary/aromatic N) is 2. The highest BCUT2D eigenvalue weighted by atomic mass is 32.2. The zero-order valence-electron chi connectivity index (χ0n) is 18.8. The van der Waals surface area contributed by atoms with Gasteiger partial charge in [0.05, 0.1) is 30.2 Å². The van der Waals surface area contributed by atoms with Gasteiger partial charge in [0.15, 0.2) is 11.5 Å². The summed E-state index contributed by atoms with van der Waals surface area (Å²) in [5.41, 5.74) is 4.00. The molecule has 1 saturated heterocycles. The molecule has 0 atom stereocenters. The molecule has 0 N–H and O–H groups in total. The van der Waals surface area contributed by atoms with E-state index in [1.807, 2.05) is 31.2 Å². The Labute approximate surface area is 202 Å². The first-order valence-corrected chi connectivity index (χ1v) is 11.4. The van der Waals surface area contributed by atoms with E-state index in [4.69, 9.17) is 9.47 Å². The fraction of sp³-hybridized carbons (Fsp3) is 0.148. The quantitative estimate of drug-likeness (QED) is 0.413. The van der Waals surface area contributed by atoms with Crippen LogP contribution in [0.4, 0.5) is 4.79 Å². The van der Waals surface area contributed by atoms with E-state index in [-0.39, 0.29) is 17.7 Å². The number of hydrogen-bond acceptors (Lipinski definition) is 6. The number of rotatable bonds is 7. The van der Waals surface area contributed by atoms with E-state index in [1.165, 1.54) is 0 Å². The number of aryl methyl sites for hydroxylation is 1. The van der Waals surface area contributed by atoms with Crippen LogP contribution in [0.2, 0.25) is 0 Å². The van der Waals surface area contributed by atoms with Crippen LogP contribution in [0.5, 0.6) is 11.5 Å². The molecule has 1 aliphatic rings. The van der Waals surface area contributed by atoms with Crippen molar-refractivity contribution in [3.63, 3.8) is 0 Å². The Morgan fingerprint density at radius 3 is 2.62 bits per heavy atom. The minimum atomic E-state index is -0.388. The number of benzene rings is 3. The number of carbonyl (C=O) groups is 2. The topological polar surface area (TPSA) is 79.6 Å². The maximum Gasteiger partial charge on any atom is 0.293 e. The fourth-order valence-corrected chi connectivity index (χ4v) is 4.42. The van der Waals surface area contributed by atoms with Crippen LogP contribution < -0.4 is 9.47 Å². The molecular formula is C27H22N2O4S. The zero-order chi connectivity index (χ0) is 24.1. The molecule has 0 radical (unpaired) electrons. The van der Waals surface area contributed by atoms with Crippen LogP contribution in [0.3, 0.4) is 0 Å². The lowest BCUT2D eigenvalue weighted by Gasteiger charge is -2.13. The molecular weight excluding hydrogens is 448 g/mol. The summed E-state index contributed by atoms with van der Waals surface area (Å²) in [6.45, 7) is 2.49. The standard InChI is InChI=1S/C27H22N2O4S/c1-18-6-5-7-20(12-18)17-33-23-11-10-19(13-24(23)32-2)14-25-26(30)29(27(31)34-25)16-22-9-4-3-8-21(22)15-28/h3-14H,16-17H2,1-2H3/b25-14-. The van der Waals surface area contributed by atoms with E-state index in [1.54, 1.807) is 49.6 Å². The molecule has 0 saturated carbocycles. The SMILES string of the molecule is COc1cc(/C=C2\SC(=O)N(Cc3ccccc3C#N)C2=O)ccc1OCc1cccc(C)c1. The Morgan fingerprint density at radius 1 is 1.03 bits per heavy atom.